The average Bonchev–Trinajstić information content (AvgIpc) is 3.75. The van der Waals surface area contributed by atoms with E-state index in [-0.39, 0.29) is 0 Å². The molecule has 2 aromatic heterocycles. The van der Waals surface area contributed by atoms with Gasteiger partial charge in [0.05, 0.1) is 0 Å². The quantitative estimate of drug-likeness (QED) is 0.178. The molecule has 8 aromatic carbocycles. The van der Waals surface area contributed by atoms with Gasteiger partial charge >= 0.3 is 0 Å². The van der Waals surface area contributed by atoms with Crippen LogP contribution in [-0.2, 0) is 0 Å². The van der Waals surface area contributed by atoms with E-state index in [4.69, 9.17) is 13.8 Å². The summed E-state index contributed by atoms with van der Waals surface area (Å²) in [5.41, 5.74) is 9.55. The number of nitrogens with zero attached hydrogens (tertiary/aromatic N) is 2. The lowest BCUT2D eigenvalue weighted by molar-refractivity contribution is 0.620. The smallest absolute Gasteiger partial charge is 0.227 e. The number of aromatic nitrogens is 1. The van der Waals surface area contributed by atoms with Crippen LogP contribution in [0, 0.1) is 0 Å². The molecule has 0 saturated carbocycles. The SMILES string of the molecule is c1ccc(-c2cccc(N(c3ccc4c(ccc5ccccc54)c3)c3ccc4oc5cc6nc(-c7ccccc7)oc6cc5c4c3)c2)cc1. The summed E-state index contributed by atoms with van der Waals surface area (Å²) in [7, 11) is 0. The monoisotopic (exact) mass is 628 g/mol. The molecule has 10 aromatic rings. The lowest BCUT2D eigenvalue weighted by atomic mass is 10.0. The molecule has 0 saturated heterocycles. The first-order valence-corrected chi connectivity index (χ1v) is 16.4. The van der Waals surface area contributed by atoms with Crippen LogP contribution in [0.2, 0.25) is 0 Å². The summed E-state index contributed by atoms with van der Waals surface area (Å²) in [5.74, 6) is 0.599. The zero-order valence-electron chi connectivity index (χ0n) is 26.4. The van der Waals surface area contributed by atoms with E-state index in [1.807, 2.05) is 36.4 Å². The second kappa shape index (κ2) is 11.0. The molecule has 0 aliphatic carbocycles. The van der Waals surface area contributed by atoms with Crippen LogP contribution in [-0.4, -0.2) is 4.98 Å². The van der Waals surface area contributed by atoms with E-state index in [1.54, 1.807) is 0 Å². The molecule has 0 aliphatic heterocycles. The second-order valence-corrected chi connectivity index (χ2v) is 12.4. The van der Waals surface area contributed by atoms with Crippen molar-refractivity contribution in [2.24, 2.45) is 0 Å². The van der Waals surface area contributed by atoms with Crippen molar-refractivity contribution in [3.63, 3.8) is 0 Å². The molecular weight excluding hydrogens is 601 g/mol. The van der Waals surface area contributed by atoms with Gasteiger partial charge in [-0.25, -0.2) is 4.98 Å². The Hall–Kier alpha value is -6.65. The molecule has 230 valence electrons. The zero-order valence-corrected chi connectivity index (χ0v) is 26.4. The van der Waals surface area contributed by atoms with Gasteiger partial charge in [-0.3, -0.25) is 0 Å². The highest BCUT2D eigenvalue weighted by atomic mass is 16.4. The van der Waals surface area contributed by atoms with E-state index in [1.165, 1.54) is 27.1 Å². The van der Waals surface area contributed by atoms with Gasteiger partial charge in [-0.2, -0.15) is 0 Å². The number of hydrogen-bond acceptors (Lipinski definition) is 4. The predicted octanol–water partition coefficient (Wildman–Crippen LogP) is 12.8. The van der Waals surface area contributed by atoms with Crippen LogP contribution in [0.5, 0.6) is 0 Å². The van der Waals surface area contributed by atoms with E-state index in [0.717, 1.165) is 61.2 Å². The summed E-state index contributed by atoms with van der Waals surface area (Å²) in [4.78, 5) is 7.10. The minimum absolute atomic E-state index is 0.599. The summed E-state index contributed by atoms with van der Waals surface area (Å²) >= 11 is 0. The van der Waals surface area contributed by atoms with Gasteiger partial charge in [0, 0.05) is 39.5 Å². The van der Waals surface area contributed by atoms with Crippen LogP contribution in [0.15, 0.2) is 179 Å². The van der Waals surface area contributed by atoms with Gasteiger partial charge < -0.3 is 13.7 Å². The summed E-state index contributed by atoms with van der Waals surface area (Å²) in [6.07, 6.45) is 0. The second-order valence-electron chi connectivity index (χ2n) is 12.4. The van der Waals surface area contributed by atoms with Crippen molar-refractivity contribution in [2.45, 2.75) is 0 Å². The van der Waals surface area contributed by atoms with Gasteiger partial charge in [0.25, 0.3) is 0 Å². The Bertz CT molecular complexity index is 2830. The number of furan rings is 1. The molecule has 0 aliphatic rings. The minimum Gasteiger partial charge on any atom is -0.456 e. The fourth-order valence-electron chi connectivity index (χ4n) is 7.07. The van der Waals surface area contributed by atoms with Crippen LogP contribution >= 0.6 is 0 Å². The molecule has 0 amide bonds. The zero-order chi connectivity index (χ0) is 32.3. The molecule has 4 heteroatoms. The van der Waals surface area contributed by atoms with Crippen molar-refractivity contribution in [1.29, 1.82) is 0 Å². The molecule has 2 heterocycles. The normalized spacial score (nSPS) is 11.7. The molecule has 10 rings (SSSR count). The highest BCUT2D eigenvalue weighted by Gasteiger charge is 2.19. The third-order valence-electron chi connectivity index (χ3n) is 9.44. The highest BCUT2D eigenvalue weighted by Crippen LogP contribution is 2.42. The molecule has 0 fully saturated rings. The topological polar surface area (TPSA) is 42.4 Å². The lowest BCUT2D eigenvalue weighted by Crippen LogP contribution is -2.10. The van der Waals surface area contributed by atoms with Crippen molar-refractivity contribution in [3.8, 4) is 22.6 Å². The average molecular weight is 629 g/mol. The van der Waals surface area contributed by atoms with E-state index >= 15 is 0 Å². The summed E-state index contributed by atoms with van der Waals surface area (Å²) in [6.45, 7) is 0. The Balaban J connectivity index is 1.16. The van der Waals surface area contributed by atoms with Gasteiger partial charge in [-0.1, -0.05) is 103 Å². The number of fused-ring (bicyclic) bond motifs is 7. The Morgan fingerprint density at radius 2 is 1.04 bits per heavy atom. The van der Waals surface area contributed by atoms with Crippen LogP contribution in [0.25, 0.3) is 77.2 Å². The molecule has 4 nitrogen and oxygen atoms in total. The fourth-order valence-corrected chi connectivity index (χ4v) is 7.07. The maximum atomic E-state index is 6.40. The van der Waals surface area contributed by atoms with E-state index in [9.17, 15) is 0 Å². The number of benzene rings is 8. The molecule has 0 spiro atoms. The van der Waals surface area contributed by atoms with E-state index in [2.05, 4.69) is 138 Å². The largest absolute Gasteiger partial charge is 0.456 e. The number of anilines is 3. The van der Waals surface area contributed by atoms with Gasteiger partial charge in [0.2, 0.25) is 5.89 Å². The van der Waals surface area contributed by atoms with Crippen LogP contribution < -0.4 is 4.90 Å². The summed E-state index contributed by atoms with van der Waals surface area (Å²) in [6, 6.07) is 59.5. The Kier molecular flexibility index (Phi) is 6.15. The maximum absolute atomic E-state index is 6.40. The van der Waals surface area contributed by atoms with Crippen molar-refractivity contribution < 1.29 is 8.83 Å². The van der Waals surface area contributed by atoms with Crippen molar-refractivity contribution >= 4 is 71.6 Å². The van der Waals surface area contributed by atoms with E-state index < -0.39 is 0 Å². The van der Waals surface area contributed by atoms with Crippen LogP contribution in [0.4, 0.5) is 17.1 Å². The number of rotatable bonds is 5. The molecule has 0 atom stereocenters. The van der Waals surface area contributed by atoms with Gasteiger partial charge in [-0.05, 0) is 93.3 Å². The van der Waals surface area contributed by atoms with Gasteiger partial charge in [0.1, 0.15) is 16.7 Å². The molecule has 0 bridgehead atoms. The Labute approximate surface area is 282 Å². The van der Waals surface area contributed by atoms with Gasteiger partial charge in [0.15, 0.2) is 5.58 Å². The highest BCUT2D eigenvalue weighted by molar-refractivity contribution is 6.11. The lowest BCUT2D eigenvalue weighted by Gasteiger charge is -2.26. The van der Waals surface area contributed by atoms with E-state index in [0.29, 0.717) is 5.89 Å². The molecule has 0 N–H and O–H groups in total. The van der Waals surface area contributed by atoms with Crippen molar-refractivity contribution in [2.75, 3.05) is 4.90 Å². The van der Waals surface area contributed by atoms with Crippen LogP contribution in [0.1, 0.15) is 0 Å². The third kappa shape index (κ3) is 4.65. The number of hydrogen-bond donors (Lipinski definition) is 0. The standard InChI is InChI=1S/C45H28N2O2/c1-3-10-29(11-4-1)32-15-9-16-34(24-32)47(35-20-22-38-33(25-35)19-18-30-12-7-8-17-37(30)38)36-21-23-42-39(26-36)40-27-44-41(28-43(40)48-42)46-45(49-44)31-13-5-2-6-14-31/h1-28H. The fraction of sp³-hybridized carbons (Fsp3) is 0. The predicted molar refractivity (Wildman–Crippen MR) is 202 cm³/mol. The molecule has 0 unspecified atom stereocenters. The van der Waals surface area contributed by atoms with Crippen LogP contribution in [0.3, 0.4) is 0 Å². The summed E-state index contributed by atoms with van der Waals surface area (Å²) < 4.78 is 12.7. The maximum Gasteiger partial charge on any atom is 0.227 e. The molecular formula is C45H28N2O2. The Morgan fingerprint density at radius 3 is 1.92 bits per heavy atom. The molecule has 0 radical (unpaired) electrons. The first-order valence-electron chi connectivity index (χ1n) is 16.4. The third-order valence-corrected chi connectivity index (χ3v) is 9.44. The summed E-state index contributed by atoms with van der Waals surface area (Å²) in [5, 5.41) is 6.93. The Morgan fingerprint density at radius 1 is 0.367 bits per heavy atom. The minimum atomic E-state index is 0.599. The first kappa shape index (κ1) is 27.5. The number of oxazole rings is 1. The van der Waals surface area contributed by atoms with Gasteiger partial charge in [-0.15, -0.1) is 0 Å². The van der Waals surface area contributed by atoms with Crippen molar-refractivity contribution in [1.82, 2.24) is 4.98 Å². The first-order chi connectivity index (χ1) is 24.2. The molecule has 49 heavy (non-hydrogen) atoms. The van der Waals surface area contributed by atoms with Crippen molar-refractivity contribution in [3.05, 3.63) is 170 Å².